The second-order valence-corrected chi connectivity index (χ2v) is 6.21. The maximum atomic E-state index is 12.5. The number of rotatable bonds is 4. The van der Waals surface area contributed by atoms with Gasteiger partial charge in [0.1, 0.15) is 0 Å². The molecule has 4 rings (SSSR count). The molecule has 26 heavy (non-hydrogen) atoms. The van der Waals surface area contributed by atoms with Crippen LogP contribution in [0, 0.1) is 0 Å². The number of hydrogen-bond donors (Lipinski definition) is 1. The lowest BCUT2D eigenvalue weighted by Crippen LogP contribution is -2.16. The first-order chi connectivity index (χ1) is 12.7. The highest BCUT2D eigenvalue weighted by molar-refractivity contribution is 6.03. The van der Waals surface area contributed by atoms with Crippen LogP contribution in [0.4, 0.5) is 5.69 Å². The molecule has 3 aromatic carbocycles. The molecule has 0 atom stereocenters. The van der Waals surface area contributed by atoms with Gasteiger partial charge in [-0.3, -0.25) is 14.2 Å². The van der Waals surface area contributed by atoms with Gasteiger partial charge in [0, 0.05) is 35.5 Å². The molecule has 0 aliphatic heterocycles. The first kappa shape index (κ1) is 16.1. The minimum Gasteiger partial charge on any atom is -0.326 e. The number of hydrogen-bond acceptors (Lipinski definition) is 2. The first-order valence-electron chi connectivity index (χ1n) is 8.59. The summed E-state index contributed by atoms with van der Waals surface area (Å²) in [6, 6.07) is 23.3. The summed E-state index contributed by atoms with van der Waals surface area (Å²) in [6.07, 6.45) is 2.07. The maximum absolute atomic E-state index is 12.5. The van der Waals surface area contributed by atoms with Crippen LogP contribution in [0.1, 0.15) is 17.6 Å². The molecule has 128 valence electrons. The van der Waals surface area contributed by atoms with E-state index in [0.717, 1.165) is 27.4 Å². The number of carbonyl (C=O) groups is 2. The van der Waals surface area contributed by atoms with Crippen LogP contribution in [0.15, 0.2) is 79.0 Å². The second-order valence-electron chi connectivity index (χ2n) is 6.21. The number of benzene rings is 3. The molecule has 1 N–H and O–H groups in total. The molecule has 4 aromatic rings. The molecule has 0 aliphatic rings. The van der Waals surface area contributed by atoms with E-state index >= 15 is 0 Å². The molecule has 1 amide bonds. The number of aromatic nitrogens is 1. The number of para-hydroxylation sites is 1. The maximum Gasteiger partial charge on any atom is 0.231 e. The lowest BCUT2D eigenvalue weighted by Gasteiger charge is -2.09. The third-order valence-corrected chi connectivity index (χ3v) is 4.50. The van der Waals surface area contributed by atoms with E-state index in [2.05, 4.69) is 5.32 Å². The molecule has 0 spiro atoms. The van der Waals surface area contributed by atoms with Crippen molar-refractivity contribution in [1.29, 1.82) is 0 Å². The average molecular weight is 342 g/mol. The van der Waals surface area contributed by atoms with Gasteiger partial charge < -0.3 is 5.32 Å². The van der Waals surface area contributed by atoms with Crippen molar-refractivity contribution in [3.8, 4) is 0 Å². The molecule has 4 heteroatoms. The molecule has 4 nitrogen and oxygen atoms in total. The fraction of sp³-hybridized carbons (Fsp3) is 0.0909. The summed E-state index contributed by atoms with van der Waals surface area (Å²) in [5.74, 6) is -0.245. The Morgan fingerprint density at radius 3 is 2.38 bits per heavy atom. The van der Waals surface area contributed by atoms with Crippen molar-refractivity contribution < 1.29 is 9.59 Å². The average Bonchev–Trinajstić information content (AvgIpc) is 3.11. The van der Waals surface area contributed by atoms with Crippen LogP contribution in [0.25, 0.3) is 21.7 Å². The standard InChI is InChI=1S/C22H18N2O2/c25-21(23-19-10-5-8-16-6-1-3-9-18(16)19)12-13-22(26)24-15-14-17-7-2-4-11-20(17)24/h1-11,14-15H,12-13H2,(H,23,25). The van der Waals surface area contributed by atoms with E-state index in [1.807, 2.05) is 72.8 Å². The normalized spacial score (nSPS) is 10.9. The summed E-state index contributed by atoms with van der Waals surface area (Å²) in [5, 5.41) is 6.00. The molecular formula is C22H18N2O2. The van der Waals surface area contributed by atoms with Gasteiger partial charge in [0.25, 0.3) is 0 Å². The van der Waals surface area contributed by atoms with Crippen LogP contribution >= 0.6 is 0 Å². The number of nitrogens with zero attached hydrogens (tertiary/aromatic N) is 1. The van der Waals surface area contributed by atoms with E-state index in [4.69, 9.17) is 0 Å². The van der Waals surface area contributed by atoms with Crippen molar-refractivity contribution in [3.63, 3.8) is 0 Å². The van der Waals surface area contributed by atoms with E-state index < -0.39 is 0 Å². The number of anilines is 1. The fourth-order valence-electron chi connectivity index (χ4n) is 3.19. The molecule has 0 unspecified atom stereocenters. The van der Waals surface area contributed by atoms with E-state index in [1.165, 1.54) is 0 Å². The van der Waals surface area contributed by atoms with Crippen molar-refractivity contribution in [2.45, 2.75) is 12.8 Å². The number of amides is 1. The third kappa shape index (κ3) is 3.09. The van der Waals surface area contributed by atoms with Crippen LogP contribution in [0.2, 0.25) is 0 Å². The molecule has 1 heterocycles. The highest BCUT2D eigenvalue weighted by Gasteiger charge is 2.12. The van der Waals surface area contributed by atoms with Gasteiger partial charge >= 0.3 is 0 Å². The van der Waals surface area contributed by atoms with Gasteiger partial charge in [-0.1, -0.05) is 54.6 Å². The van der Waals surface area contributed by atoms with Crippen LogP contribution in [0.5, 0.6) is 0 Å². The van der Waals surface area contributed by atoms with Gasteiger partial charge in [-0.25, -0.2) is 0 Å². The summed E-state index contributed by atoms with van der Waals surface area (Å²) < 4.78 is 1.61. The quantitative estimate of drug-likeness (QED) is 0.576. The Kier molecular flexibility index (Phi) is 4.23. The zero-order valence-electron chi connectivity index (χ0n) is 14.2. The molecule has 0 radical (unpaired) electrons. The Hall–Kier alpha value is -3.40. The predicted molar refractivity (Wildman–Crippen MR) is 104 cm³/mol. The first-order valence-corrected chi connectivity index (χ1v) is 8.59. The van der Waals surface area contributed by atoms with Crippen LogP contribution < -0.4 is 5.32 Å². The molecule has 0 fully saturated rings. The smallest absolute Gasteiger partial charge is 0.231 e. The van der Waals surface area contributed by atoms with Gasteiger partial charge in [0.15, 0.2) is 0 Å². The van der Waals surface area contributed by atoms with Gasteiger partial charge in [0.2, 0.25) is 11.8 Å². The second kappa shape index (κ2) is 6.84. The summed E-state index contributed by atoms with van der Waals surface area (Å²) in [4.78, 5) is 24.8. The summed E-state index contributed by atoms with van der Waals surface area (Å²) in [5.41, 5.74) is 1.64. The number of nitrogens with one attached hydrogen (secondary N) is 1. The minimum atomic E-state index is -0.161. The van der Waals surface area contributed by atoms with E-state index in [0.29, 0.717) is 0 Å². The zero-order chi connectivity index (χ0) is 17.9. The van der Waals surface area contributed by atoms with Gasteiger partial charge in [0.05, 0.1) is 5.52 Å². The molecule has 0 saturated heterocycles. The molecule has 0 saturated carbocycles. The van der Waals surface area contributed by atoms with Crippen molar-refractivity contribution >= 4 is 39.2 Å². The molecule has 1 aromatic heterocycles. The highest BCUT2D eigenvalue weighted by atomic mass is 16.2. The van der Waals surface area contributed by atoms with Crippen LogP contribution in [-0.4, -0.2) is 16.4 Å². The Morgan fingerprint density at radius 1 is 0.769 bits per heavy atom. The van der Waals surface area contributed by atoms with E-state index in [1.54, 1.807) is 10.8 Å². The van der Waals surface area contributed by atoms with Crippen molar-refractivity contribution in [1.82, 2.24) is 4.57 Å². The topological polar surface area (TPSA) is 51.1 Å². The molecule has 0 bridgehead atoms. The molecule has 0 aliphatic carbocycles. The van der Waals surface area contributed by atoms with Gasteiger partial charge in [-0.15, -0.1) is 0 Å². The van der Waals surface area contributed by atoms with E-state index in [-0.39, 0.29) is 24.7 Å². The summed E-state index contributed by atoms with van der Waals surface area (Å²) in [7, 11) is 0. The van der Waals surface area contributed by atoms with E-state index in [9.17, 15) is 9.59 Å². The summed E-state index contributed by atoms with van der Waals surface area (Å²) >= 11 is 0. The van der Waals surface area contributed by atoms with Crippen molar-refractivity contribution in [3.05, 3.63) is 79.0 Å². The third-order valence-electron chi connectivity index (χ3n) is 4.50. The monoisotopic (exact) mass is 342 g/mol. The van der Waals surface area contributed by atoms with Gasteiger partial charge in [-0.05, 0) is 23.6 Å². The Balaban J connectivity index is 1.44. The summed E-state index contributed by atoms with van der Waals surface area (Å²) in [6.45, 7) is 0. The van der Waals surface area contributed by atoms with Crippen molar-refractivity contribution in [2.24, 2.45) is 0 Å². The van der Waals surface area contributed by atoms with Crippen molar-refractivity contribution in [2.75, 3.05) is 5.32 Å². The largest absolute Gasteiger partial charge is 0.326 e. The number of carbonyl (C=O) groups excluding carboxylic acids is 2. The Morgan fingerprint density at radius 2 is 1.50 bits per heavy atom. The lowest BCUT2D eigenvalue weighted by atomic mass is 10.1. The molecular weight excluding hydrogens is 324 g/mol. The van der Waals surface area contributed by atoms with Gasteiger partial charge in [-0.2, -0.15) is 0 Å². The van der Waals surface area contributed by atoms with Crippen LogP contribution in [-0.2, 0) is 4.79 Å². The zero-order valence-corrected chi connectivity index (χ0v) is 14.2. The lowest BCUT2D eigenvalue weighted by molar-refractivity contribution is -0.116. The minimum absolute atomic E-state index is 0.0840. The Labute approximate surface area is 151 Å². The Bertz CT molecular complexity index is 1110. The number of fused-ring (bicyclic) bond motifs is 2. The van der Waals surface area contributed by atoms with Crippen LogP contribution in [0.3, 0.4) is 0 Å². The SMILES string of the molecule is O=C(CCC(=O)n1ccc2ccccc21)Nc1cccc2ccccc12. The highest BCUT2D eigenvalue weighted by Crippen LogP contribution is 2.23. The fourth-order valence-corrected chi connectivity index (χ4v) is 3.19. The predicted octanol–water partition coefficient (Wildman–Crippen LogP) is 4.85.